The molecule has 1 aromatic carbocycles. The molecule has 10 nitrogen and oxygen atoms in total. The van der Waals surface area contributed by atoms with Crippen molar-refractivity contribution in [3.63, 3.8) is 0 Å². The quantitative estimate of drug-likeness (QED) is 0.612. The first kappa shape index (κ1) is 25.3. The van der Waals surface area contributed by atoms with Crippen LogP contribution in [0.3, 0.4) is 0 Å². The first-order valence-electron chi connectivity index (χ1n) is 11.3. The number of carbonyl (C=O) groups excluding carboxylic acids is 1. The Balaban J connectivity index is 1.71. The van der Waals surface area contributed by atoms with Gasteiger partial charge in [-0.2, -0.15) is 0 Å². The van der Waals surface area contributed by atoms with Crippen LogP contribution in [0.1, 0.15) is 46.4 Å². The van der Waals surface area contributed by atoms with Crippen molar-refractivity contribution in [1.29, 1.82) is 0 Å². The molecule has 2 aliphatic rings. The van der Waals surface area contributed by atoms with Gasteiger partial charge in [0.25, 0.3) is 0 Å². The fourth-order valence-corrected chi connectivity index (χ4v) is 5.68. The Morgan fingerprint density at radius 3 is 2.60 bits per heavy atom. The van der Waals surface area contributed by atoms with Crippen molar-refractivity contribution in [2.45, 2.75) is 57.2 Å². The van der Waals surface area contributed by atoms with E-state index in [1.165, 1.54) is 18.6 Å². The summed E-state index contributed by atoms with van der Waals surface area (Å²) in [7, 11) is -4.07. The standard InChI is InChI=1S/C23H30FN5O5S/c1-14(2)28-35(31,32)18-8-15(24)6-7-16(18)33-17-9-25-13-27-19(17)20-23(10-26-11-23)12-29(20)21(30)34-22(3,4)5/h6-9,13-14,20,26,28H,10-12H2,1-5H3. The normalized spacial score (nSPS) is 19.3. The van der Waals surface area contributed by atoms with E-state index in [-0.39, 0.29) is 21.8 Å². The van der Waals surface area contributed by atoms with Crippen LogP contribution in [0.5, 0.6) is 11.5 Å². The molecule has 1 atom stereocenters. The first-order chi connectivity index (χ1) is 16.3. The zero-order chi connectivity index (χ0) is 25.6. The number of amides is 1. The molecule has 1 amide bonds. The number of aromatic nitrogens is 2. The van der Waals surface area contributed by atoms with Crippen molar-refractivity contribution in [3.05, 3.63) is 42.2 Å². The topological polar surface area (TPSA) is 123 Å². The van der Waals surface area contributed by atoms with Gasteiger partial charge < -0.3 is 14.8 Å². The number of carbonyl (C=O) groups is 1. The van der Waals surface area contributed by atoms with Crippen LogP contribution in [0.2, 0.25) is 0 Å². The van der Waals surface area contributed by atoms with E-state index in [1.54, 1.807) is 39.5 Å². The largest absolute Gasteiger partial charge is 0.452 e. The molecular weight excluding hydrogens is 477 g/mol. The predicted octanol–water partition coefficient (Wildman–Crippen LogP) is 2.98. The SMILES string of the molecule is CC(C)NS(=O)(=O)c1cc(F)ccc1Oc1cncnc1C1N(C(=O)OC(C)(C)C)CC12CNC2. The highest BCUT2D eigenvalue weighted by molar-refractivity contribution is 7.89. The highest BCUT2D eigenvalue weighted by Gasteiger charge is 2.60. The van der Waals surface area contributed by atoms with Gasteiger partial charge in [0.2, 0.25) is 10.0 Å². The van der Waals surface area contributed by atoms with Gasteiger partial charge in [-0.05, 0) is 52.8 Å². The van der Waals surface area contributed by atoms with E-state index in [1.807, 2.05) is 0 Å². The zero-order valence-corrected chi connectivity index (χ0v) is 21.1. The molecule has 2 N–H and O–H groups in total. The van der Waals surface area contributed by atoms with E-state index in [0.29, 0.717) is 25.3 Å². The number of rotatable bonds is 6. The summed E-state index contributed by atoms with van der Waals surface area (Å²) in [4.78, 5) is 22.6. The lowest BCUT2D eigenvalue weighted by Gasteiger charge is -2.61. The van der Waals surface area contributed by atoms with Crippen molar-refractivity contribution in [3.8, 4) is 11.5 Å². The van der Waals surface area contributed by atoms with Crippen LogP contribution in [0.4, 0.5) is 9.18 Å². The zero-order valence-electron chi connectivity index (χ0n) is 20.3. The van der Waals surface area contributed by atoms with E-state index < -0.39 is 39.6 Å². The van der Waals surface area contributed by atoms with Crippen molar-refractivity contribution in [1.82, 2.24) is 24.9 Å². The minimum atomic E-state index is -4.07. The maximum atomic E-state index is 14.0. The molecule has 3 heterocycles. The monoisotopic (exact) mass is 507 g/mol. The summed E-state index contributed by atoms with van der Waals surface area (Å²) in [5.74, 6) is -0.634. The summed E-state index contributed by atoms with van der Waals surface area (Å²) >= 11 is 0. The molecular formula is C23H30FN5O5S. The number of hydrogen-bond donors (Lipinski definition) is 2. The van der Waals surface area contributed by atoms with Crippen molar-refractivity contribution >= 4 is 16.1 Å². The Hall–Kier alpha value is -2.83. The molecule has 35 heavy (non-hydrogen) atoms. The lowest BCUT2D eigenvalue weighted by molar-refractivity contribution is -0.110. The van der Waals surface area contributed by atoms with Gasteiger partial charge in [-0.15, -0.1) is 0 Å². The van der Waals surface area contributed by atoms with Crippen molar-refractivity contribution in [2.75, 3.05) is 19.6 Å². The fourth-order valence-electron chi connectivity index (χ4n) is 4.29. The molecule has 1 unspecified atom stereocenters. The average molecular weight is 508 g/mol. The molecule has 2 aliphatic heterocycles. The van der Waals surface area contributed by atoms with Crippen LogP contribution >= 0.6 is 0 Å². The van der Waals surface area contributed by atoms with Crippen LogP contribution in [-0.4, -0.2) is 60.7 Å². The number of sulfonamides is 1. The molecule has 0 bridgehead atoms. The average Bonchev–Trinajstić information content (AvgIpc) is 2.66. The smallest absolute Gasteiger partial charge is 0.410 e. The number of hydrogen-bond acceptors (Lipinski definition) is 8. The summed E-state index contributed by atoms with van der Waals surface area (Å²) in [5.41, 5.74) is -0.503. The number of halogens is 1. The molecule has 0 saturated carbocycles. The summed E-state index contributed by atoms with van der Waals surface area (Å²) < 4.78 is 53.8. The Morgan fingerprint density at radius 2 is 2.00 bits per heavy atom. The molecule has 2 fully saturated rings. The third-order valence-electron chi connectivity index (χ3n) is 5.73. The van der Waals surface area contributed by atoms with Crippen molar-refractivity contribution < 1.29 is 27.1 Å². The third kappa shape index (κ3) is 5.09. The van der Waals surface area contributed by atoms with Gasteiger partial charge in [-0.3, -0.25) is 4.90 Å². The second-order valence-electron chi connectivity index (χ2n) is 10.2. The fraction of sp³-hybridized carbons (Fsp3) is 0.522. The second kappa shape index (κ2) is 8.99. The lowest BCUT2D eigenvalue weighted by atomic mass is 9.65. The molecule has 1 spiro atoms. The van der Waals surface area contributed by atoms with Gasteiger partial charge in [-0.25, -0.2) is 32.3 Å². The number of ether oxygens (including phenoxy) is 2. The Morgan fingerprint density at radius 1 is 1.29 bits per heavy atom. The van der Waals surface area contributed by atoms with E-state index in [0.717, 1.165) is 12.1 Å². The highest BCUT2D eigenvalue weighted by atomic mass is 32.2. The molecule has 2 saturated heterocycles. The summed E-state index contributed by atoms with van der Waals surface area (Å²) in [6.07, 6.45) is 2.27. The van der Waals surface area contributed by atoms with Gasteiger partial charge >= 0.3 is 6.09 Å². The molecule has 190 valence electrons. The molecule has 0 aliphatic carbocycles. The maximum absolute atomic E-state index is 14.0. The van der Waals surface area contributed by atoms with Crippen LogP contribution in [-0.2, 0) is 14.8 Å². The summed E-state index contributed by atoms with van der Waals surface area (Å²) in [6.45, 7) is 10.5. The van der Waals surface area contributed by atoms with Gasteiger partial charge in [0.15, 0.2) is 5.75 Å². The van der Waals surface area contributed by atoms with Gasteiger partial charge in [0.1, 0.15) is 34.1 Å². The molecule has 4 rings (SSSR count). The molecule has 1 aromatic heterocycles. The van der Waals surface area contributed by atoms with Gasteiger partial charge in [0, 0.05) is 31.1 Å². The number of nitrogens with zero attached hydrogens (tertiary/aromatic N) is 3. The van der Waals surface area contributed by atoms with Gasteiger partial charge in [-0.1, -0.05) is 0 Å². The number of likely N-dealkylation sites (tertiary alicyclic amines) is 1. The Labute approximate surface area is 204 Å². The minimum absolute atomic E-state index is 0.0838. The van der Waals surface area contributed by atoms with E-state index in [4.69, 9.17) is 9.47 Å². The number of benzene rings is 1. The second-order valence-corrected chi connectivity index (χ2v) is 11.9. The summed E-state index contributed by atoms with van der Waals surface area (Å²) in [5, 5.41) is 3.24. The third-order valence-corrected chi connectivity index (χ3v) is 7.41. The highest BCUT2D eigenvalue weighted by Crippen LogP contribution is 2.53. The van der Waals surface area contributed by atoms with Crippen LogP contribution in [0.25, 0.3) is 0 Å². The van der Waals surface area contributed by atoms with E-state index in [2.05, 4.69) is 20.0 Å². The van der Waals surface area contributed by atoms with E-state index in [9.17, 15) is 17.6 Å². The molecule has 0 radical (unpaired) electrons. The van der Waals surface area contributed by atoms with Crippen molar-refractivity contribution in [2.24, 2.45) is 5.41 Å². The predicted molar refractivity (Wildman–Crippen MR) is 125 cm³/mol. The van der Waals surface area contributed by atoms with Crippen LogP contribution in [0, 0.1) is 11.2 Å². The Kier molecular flexibility index (Phi) is 6.49. The maximum Gasteiger partial charge on any atom is 0.410 e. The molecule has 12 heteroatoms. The molecule has 2 aromatic rings. The van der Waals surface area contributed by atoms with Crippen LogP contribution in [0.15, 0.2) is 35.6 Å². The summed E-state index contributed by atoms with van der Waals surface area (Å²) in [6, 6.07) is 2.38. The lowest BCUT2D eigenvalue weighted by Crippen LogP contribution is -2.73. The Bertz CT molecular complexity index is 1230. The first-order valence-corrected chi connectivity index (χ1v) is 12.8. The van der Waals surface area contributed by atoms with Gasteiger partial charge in [0.05, 0.1) is 12.2 Å². The van der Waals surface area contributed by atoms with Crippen LogP contribution < -0.4 is 14.8 Å². The van der Waals surface area contributed by atoms with E-state index >= 15 is 0 Å². The minimum Gasteiger partial charge on any atom is -0.452 e. The number of nitrogens with one attached hydrogen (secondary N) is 2.